The zero-order chi connectivity index (χ0) is 12.4. The number of nitrogens with zero attached hydrogens (tertiary/aromatic N) is 2. The molecule has 0 saturated carbocycles. The lowest BCUT2D eigenvalue weighted by atomic mass is 10.3. The van der Waals surface area contributed by atoms with E-state index in [1.165, 1.54) is 6.07 Å². The molecule has 5 heteroatoms. The topological polar surface area (TPSA) is 29.9 Å². The molecule has 1 aromatic heterocycles. The van der Waals surface area contributed by atoms with Crippen LogP contribution in [0, 0.1) is 11.6 Å². The Bertz CT molecular complexity index is 520. The molecule has 90 valence electrons. The van der Waals surface area contributed by atoms with Gasteiger partial charge in [-0.1, -0.05) is 0 Å². The first-order valence-electron chi connectivity index (χ1n) is 5.33. The molecule has 2 aromatic rings. The van der Waals surface area contributed by atoms with Crippen LogP contribution in [0.25, 0.3) is 0 Å². The van der Waals surface area contributed by atoms with Crippen molar-refractivity contribution in [1.82, 2.24) is 9.55 Å². The fourth-order valence-electron chi connectivity index (χ4n) is 1.53. The van der Waals surface area contributed by atoms with E-state index in [4.69, 9.17) is 0 Å². The predicted molar refractivity (Wildman–Crippen MR) is 62.3 cm³/mol. The van der Waals surface area contributed by atoms with Gasteiger partial charge in [0, 0.05) is 30.2 Å². The van der Waals surface area contributed by atoms with Crippen LogP contribution in [-0.2, 0) is 0 Å². The van der Waals surface area contributed by atoms with E-state index in [1.807, 2.05) is 24.6 Å². The molecule has 0 aliphatic carbocycles. The van der Waals surface area contributed by atoms with E-state index in [9.17, 15) is 8.78 Å². The minimum Gasteiger partial charge on any atom is -0.326 e. The number of benzene rings is 1. The highest BCUT2D eigenvalue weighted by Gasteiger charge is 2.07. The second kappa shape index (κ2) is 4.53. The summed E-state index contributed by atoms with van der Waals surface area (Å²) >= 11 is 0. The Morgan fingerprint density at radius 3 is 2.65 bits per heavy atom. The summed E-state index contributed by atoms with van der Waals surface area (Å²) in [5.74, 6) is -1.13. The van der Waals surface area contributed by atoms with Crippen molar-refractivity contribution in [2.75, 3.05) is 5.32 Å². The number of hydrogen-bond donors (Lipinski definition) is 1. The molecule has 0 bridgehead atoms. The van der Waals surface area contributed by atoms with Gasteiger partial charge < -0.3 is 9.88 Å². The van der Waals surface area contributed by atoms with Crippen molar-refractivity contribution in [3.05, 3.63) is 42.2 Å². The van der Waals surface area contributed by atoms with Gasteiger partial charge in [0.1, 0.15) is 0 Å². The summed E-state index contributed by atoms with van der Waals surface area (Å²) in [6, 6.07) is 3.90. The van der Waals surface area contributed by atoms with E-state index in [0.29, 0.717) is 11.6 Å². The van der Waals surface area contributed by atoms with Crippen molar-refractivity contribution in [3.8, 4) is 0 Å². The number of nitrogens with one attached hydrogen (secondary N) is 1. The molecular weight excluding hydrogens is 224 g/mol. The standard InChI is InChI=1S/C12H13F2N3/c1-8(2)17-6-5-15-12(17)16-9-3-4-10(13)11(14)7-9/h3-8H,1-2H3,(H,15,16). The van der Waals surface area contributed by atoms with Crippen molar-refractivity contribution in [1.29, 1.82) is 0 Å². The van der Waals surface area contributed by atoms with Gasteiger partial charge in [-0.2, -0.15) is 0 Å². The van der Waals surface area contributed by atoms with Gasteiger partial charge in [-0.05, 0) is 26.0 Å². The Labute approximate surface area is 98.1 Å². The van der Waals surface area contributed by atoms with Crippen molar-refractivity contribution in [2.45, 2.75) is 19.9 Å². The molecule has 1 aromatic carbocycles. The second-order valence-corrected chi connectivity index (χ2v) is 4.01. The Kier molecular flexibility index (Phi) is 3.08. The average molecular weight is 237 g/mol. The quantitative estimate of drug-likeness (QED) is 0.885. The van der Waals surface area contributed by atoms with E-state index >= 15 is 0 Å². The van der Waals surface area contributed by atoms with E-state index in [0.717, 1.165) is 12.1 Å². The zero-order valence-corrected chi connectivity index (χ0v) is 9.61. The summed E-state index contributed by atoms with van der Waals surface area (Å²) < 4.78 is 27.7. The molecule has 0 fully saturated rings. The molecule has 0 amide bonds. The molecule has 1 heterocycles. The first-order chi connectivity index (χ1) is 8.08. The number of rotatable bonds is 3. The SMILES string of the molecule is CC(C)n1ccnc1Nc1ccc(F)c(F)c1. The van der Waals surface area contributed by atoms with E-state index in [1.54, 1.807) is 6.20 Å². The van der Waals surface area contributed by atoms with Gasteiger partial charge >= 0.3 is 0 Å². The molecule has 0 radical (unpaired) electrons. The Morgan fingerprint density at radius 1 is 1.24 bits per heavy atom. The van der Waals surface area contributed by atoms with Crippen molar-refractivity contribution in [2.24, 2.45) is 0 Å². The van der Waals surface area contributed by atoms with Crippen LogP contribution in [0.2, 0.25) is 0 Å². The highest BCUT2D eigenvalue weighted by Crippen LogP contribution is 2.20. The highest BCUT2D eigenvalue weighted by atomic mass is 19.2. The number of halogens is 2. The smallest absolute Gasteiger partial charge is 0.207 e. The monoisotopic (exact) mass is 237 g/mol. The Hall–Kier alpha value is -1.91. The number of anilines is 2. The molecule has 3 nitrogen and oxygen atoms in total. The summed E-state index contributed by atoms with van der Waals surface area (Å²) in [6.07, 6.45) is 3.48. The largest absolute Gasteiger partial charge is 0.326 e. The summed E-state index contributed by atoms with van der Waals surface area (Å²) in [5.41, 5.74) is 0.469. The van der Waals surface area contributed by atoms with Crippen LogP contribution in [0.4, 0.5) is 20.4 Å². The molecule has 0 saturated heterocycles. The predicted octanol–water partition coefficient (Wildman–Crippen LogP) is 3.49. The van der Waals surface area contributed by atoms with Gasteiger partial charge in [0.25, 0.3) is 0 Å². The van der Waals surface area contributed by atoms with Crippen LogP contribution < -0.4 is 5.32 Å². The maximum absolute atomic E-state index is 13.0. The van der Waals surface area contributed by atoms with Crippen molar-refractivity contribution >= 4 is 11.6 Å². The third kappa shape index (κ3) is 2.43. The van der Waals surface area contributed by atoms with Crippen molar-refractivity contribution < 1.29 is 8.78 Å². The summed E-state index contributed by atoms with van der Waals surface area (Å²) in [7, 11) is 0. The molecule has 0 aliphatic heterocycles. The lowest BCUT2D eigenvalue weighted by molar-refractivity contribution is 0.509. The van der Waals surface area contributed by atoms with Crippen LogP contribution in [-0.4, -0.2) is 9.55 Å². The van der Waals surface area contributed by atoms with Crippen LogP contribution in [0.3, 0.4) is 0 Å². The molecule has 1 N–H and O–H groups in total. The average Bonchev–Trinajstić information content (AvgIpc) is 2.72. The normalized spacial score (nSPS) is 10.9. The molecule has 0 unspecified atom stereocenters. The van der Waals surface area contributed by atoms with Gasteiger partial charge in [0.05, 0.1) is 0 Å². The van der Waals surface area contributed by atoms with Gasteiger partial charge in [0.15, 0.2) is 11.6 Å². The van der Waals surface area contributed by atoms with Crippen molar-refractivity contribution in [3.63, 3.8) is 0 Å². The van der Waals surface area contributed by atoms with E-state index in [-0.39, 0.29) is 6.04 Å². The molecule has 2 rings (SSSR count). The summed E-state index contributed by atoms with van der Waals surface area (Å²) in [5, 5.41) is 2.95. The third-order valence-electron chi connectivity index (χ3n) is 2.40. The zero-order valence-electron chi connectivity index (χ0n) is 9.61. The number of hydrogen-bond acceptors (Lipinski definition) is 2. The van der Waals surface area contributed by atoms with Crippen LogP contribution in [0.1, 0.15) is 19.9 Å². The van der Waals surface area contributed by atoms with Gasteiger partial charge in [-0.3, -0.25) is 0 Å². The van der Waals surface area contributed by atoms with E-state index < -0.39 is 11.6 Å². The first kappa shape index (κ1) is 11.6. The first-order valence-corrected chi connectivity index (χ1v) is 5.33. The molecule has 0 atom stereocenters. The van der Waals surface area contributed by atoms with Crippen LogP contribution >= 0.6 is 0 Å². The molecular formula is C12H13F2N3. The fourth-order valence-corrected chi connectivity index (χ4v) is 1.53. The fraction of sp³-hybridized carbons (Fsp3) is 0.250. The summed E-state index contributed by atoms with van der Waals surface area (Å²) in [4.78, 5) is 4.12. The van der Waals surface area contributed by atoms with Gasteiger partial charge in [-0.15, -0.1) is 0 Å². The Balaban J connectivity index is 2.25. The molecule has 0 aliphatic rings. The van der Waals surface area contributed by atoms with Crippen LogP contribution in [0.15, 0.2) is 30.6 Å². The maximum atomic E-state index is 13.0. The third-order valence-corrected chi connectivity index (χ3v) is 2.40. The minimum absolute atomic E-state index is 0.241. The molecule has 0 spiro atoms. The number of imidazole rings is 1. The summed E-state index contributed by atoms with van der Waals surface area (Å²) in [6.45, 7) is 4.02. The van der Waals surface area contributed by atoms with Gasteiger partial charge in [0.2, 0.25) is 5.95 Å². The minimum atomic E-state index is -0.877. The second-order valence-electron chi connectivity index (χ2n) is 4.01. The van der Waals surface area contributed by atoms with Crippen LogP contribution in [0.5, 0.6) is 0 Å². The highest BCUT2D eigenvalue weighted by molar-refractivity contribution is 5.53. The van der Waals surface area contributed by atoms with Gasteiger partial charge in [-0.25, -0.2) is 13.8 Å². The Morgan fingerprint density at radius 2 is 2.00 bits per heavy atom. The van der Waals surface area contributed by atoms with E-state index in [2.05, 4.69) is 10.3 Å². The lowest BCUT2D eigenvalue weighted by Gasteiger charge is -2.12. The maximum Gasteiger partial charge on any atom is 0.207 e. The molecule has 17 heavy (non-hydrogen) atoms. The number of aromatic nitrogens is 2. The lowest BCUT2D eigenvalue weighted by Crippen LogP contribution is -2.05.